The highest BCUT2D eigenvalue weighted by molar-refractivity contribution is 5.28. The summed E-state index contributed by atoms with van der Waals surface area (Å²) in [6, 6.07) is 0. The third kappa shape index (κ3) is 3.13. The Kier molecular flexibility index (Phi) is 4.80. The first-order chi connectivity index (χ1) is 8.74. The third-order valence-corrected chi connectivity index (χ3v) is 3.35. The molecule has 0 aromatic carbocycles. The van der Waals surface area contributed by atoms with Crippen LogP contribution in [-0.2, 0) is 22.4 Å². The van der Waals surface area contributed by atoms with Crippen LogP contribution in [0.4, 0.5) is 0 Å². The Morgan fingerprint density at radius 2 is 2.06 bits per heavy atom. The second-order valence-corrected chi connectivity index (χ2v) is 4.68. The summed E-state index contributed by atoms with van der Waals surface area (Å²) in [5.74, 6) is 0. The number of fused-ring (bicyclic) bond motifs is 1. The highest BCUT2D eigenvalue weighted by Crippen LogP contribution is 2.30. The highest BCUT2D eigenvalue weighted by atomic mass is 16.7. The van der Waals surface area contributed by atoms with Crippen LogP contribution in [-0.4, -0.2) is 29.2 Å². The van der Waals surface area contributed by atoms with E-state index in [0.717, 1.165) is 24.8 Å². The van der Waals surface area contributed by atoms with Crippen molar-refractivity contribution in [1.82, 2.24) is 4.57 Å². The monoisotopic (exact) mass is 253 g/mol. The van der Waals surface area contributed by atoms with Gasteiger partial charge in [0.25, 0.3) is 0 Å². The summed E-state index contributed by atoms with van der Waals surface area (Å²) in [6.07, 6.45) is 6.65. The fraction of sp³-hybridized carbons (Fsp3) is 0.714. The molecular weight excluding hydrogens is 230 g/mol. The van der Waals surface area contributed by atoms with Crippen molar-refractivity contribution in [1.29, 1.82) is 0 Å². The van der Waals surface area contributed by atoms with Crippen molar-refractivity contribution < 1.29 is 14.6 Å². The van der Waals surface area contributed by atoms with E-state index < -0.39 is 0 Å². The molecule has 102 valence electrons. The minimum absolute atomic E-state index is 0.203. The summed E-state index contributed by atoms with van der Waals surface area (Å²) in [6.45, 7) is 5.91. The molecule has 1 aromatic rings. The van der Waals surface area contributed by atoms with E-state index in [2.05, 4.69) is 10.8 Å². The molecular formula is C14H23NO3. The van der Waals surface area contributed by atoms with Gasteiger partial charge < -0.3 is 19.1 Å². The summed E-state index contributed by atoms with van der Waals surface area (Å²) < 4.78 is 13.2. The topological polar surface area (TPSA) is 43.6 Å². The van der Waals surface area contributed by atoms with Crippen LogP contribution in [0.15, 0.2) is 12.4 Å². The number of nitrogens with zero attached hydrogens (tertiary/aromatic N) is 1. The lowest BCUT2D eigenvalue weighted by Crippen LogP contribution is -2.23. The normalized spacial score (nSPS) is 19.2. The summed E-state index contributed by atoms with van der Waals surface area (Å²) in [4.78, 5) is 0. The van der Waals surface area contributed by atoms with Gasteiger partial charge in [0.1, 0.15) is 0 Å². The van der Waals surface area contributed by atoms with E-state index in [4.69, 9.17) is 9.47 Å². The Hall–Kier alpha value is -0.840. The molecule has 1 heterocycles. The summed E-state index contributed by atoms with van der Waals surface area (Å²) in [7, 11) is 0. The van der Waals surface area contributed by atoms with E-state index in [1.165, 1.54) is 5.56 Å². The van der Waals surface area contributed by atoms with Gasteiger partial charge in [-0.1, -0.05) is 0 Å². The van der Waals surface area contributed by atoms with Crippen LogP contribution in [0.5, 0.6) is 0 Å². The fourth-order valence-electron chi connectivity index (χ4n) is 2.53. The molecule has 0 spiro atoms. The second kappa shape index (κ2) is 6.36. The molecule has 0 aliphatic heterocycles. The van der Waals surface area contributed by atoms with Crippen LogP contribution in [0.1, 0.15) is 43.9 Å². The van der Waals surface area contributed by atoms with Crippen LogP contribution in [0.3, 0.4) is 0 Å². The van der Waals surface area contributed by atoms with E-state index in [1.54, 1.807) is 0 Å². The van der Waals surface area contributed by atoms with Gasteiger partial charge in [-0.15, -0.1) is 0 Å². The van der Waals surface area contributed by atoms with Gasteiger partial charge in [-0.2, -0.15) is 0 Å². The fourth-order valence-corrected chi connectivity index (χ4v) is 2.53. The van der Waals surface area contributed by atoms with Crippen LogP contribution in [0.25, 0.3) is 0 Å². The van der Waals surface area contributed by atoms with Crippen molar-refractivity contribution in [2.24, 2.45) is 0 Å². The lowest BCUT2D eigenvalue weighted by atomic mass is 9.93. The third-order valence-electron chi connectivity index (χ3n) is 3.35. The largest absolute Gasteiger partial charge is 0.388 e. The van der Waals surface area contributed by atoms with Crippen molar-refractivity contribution in [3.8, 4) is 0 Å². The standard InChI is InChI=1S/C14H23NO3/c1-3-17-14(18-4-2)10-15-8-11-6-5-7-13(16)12(11)9-15/h8-9,13-14,16H,3-7,10H2,1-2H3. The minimum atomic E-state index is -0.298. The predicted molar refractivity (Wildman–Crippen MR) is 69.4 cm³/mol. The lowest BCUT2D eigenvalue weighted by Gasteiger charge is -2.17. The Labute approximate surface area is 109 Å². The molecule has 1 atom stereocenters. The first-order valence-corrected chi connectivity index (χ1v) is 6.84. The van der Waals surface area contributed by atoms with Gasteiger partial charge in [0.05, 0.1) is 12.6 Å². The van der Waals surface area contributed by atoms with Gasteiger partial charge in [-0.25, -0.2) is 0 Å². The number of aryl methyl sites for hydroxylation is 1. The Morgan fingerprint density at radius 1 is 1.33 bits per heavy atom. The number of ether oxygens (including phenoxy) is 2. The molecule has 0 amide bonds. The smallest absolute Gasteiger partial charge is 0.175 e. The van der Waals surface area contributed by atoms with E-state index in [-0.39, 0.29) is 12.4 Å². The summed E-state index contributed by atoms with van der Waals surface area (Å²) in [5.41, 5.74) is 2.34. The number of rotatable bonds is 6. The minimum Gasteiger partial charge on any atom is -0.388 e. The van der Waals surface area contributed by atoms with Crippen molar-refractivity contribution in [2.75, 3.05) is 13.2 Å². The first-order valence-electron chi connectivity index (χ1n) is 6.84. The van der Waals surface area contributed by atoms with Crippen molar-refractivity contribution in [3.63, 3.8) is 0 Å². The maximum absolute atomic E-state index is 9.94. The Balaban J connectivity index is 2.04. The van der Waals surface area contributed by atoms with E-state index >= 15 is 0 Å². The number of hydrogen-bond acceptors (Lipinski definition) is 3. The van der Waals surface area contributed by atoms with Gasteiger partial charge in [-0.3, -0.25) is 0 Å². The maximum Gasteiger partial charge on any atom is 0.175 e. The molecule has 0 radical (unpaired) electrons. The number of aromatic nitrogens is 1. The average molecular weight is 253 g/mol. The molecule has 0 saturated heterocycles. The summed E-state index contributed by atoms with van der Waals surface area (Å²) in [5, 5.41) is 9.94. The van der Waals surface area contributed by atoms with E-state index in [9.17, 15) is 5.11 Å². The zero-order valence-electron chi connectivity index (χ0n) is 11.3. The number of hydrogen-bond donors (Lipinski definition) is 1. The first kappa shape index (κ1) is 13.6. The lowest BCUT2D eigenvalue weighted by molar-refractivity contribution is -0.143. The molecule has 4 heteroatoms. The molecule has 0 fully saturated rings. The highest BCUT2D eigenvalue weighted by Gasteiger charge is 2.20. The zero-order chi connectivity index (χ0) is 13.0. The summed E-state index contributed by atoms with van der Waals surface area (Å²) >= 11 is 0. The maximum atomic E-state index is 9.94. The Morgan fingerprint density at radius 3 is 2.67 bits per heavy atom. The van der Waals surface area contributed by atoms with Crippen molar-refractivity contribution in [2.45, 2.75) is 52.0 Å². The molecule has 1 aliphatic carbocycles. The number of aliphatic hydroxyl groups excluding tert-OH is 1. The predicted octanol–water partition coefficient (Wildman–Crippen LogP) is 2.26. The van der Waals surface area contributed by atoms with Crippen LogP contribution < -0.4 is 0 Å². The van der Waals surface area contributed by atoms with Gasteiger partial charge in [0.2, 0.25) is 0 Å². The SMILES string of the molecule is CCOC(Cn1cc2c(c1)C(O)CCC2)OCC. The van der Waals surface area contributed by atoms with E-state index in [0.29, 0.717) is 19.8 Å². The molecule has 1 aromatic heterocycles. The quantitative estimate of drug-likeness (QED) is 0.791. The van der Waals surface area contributed by atoms with Crippen LogP contribution in [0, 0.1) is 0 Å². The molecule has 4 nitrogen and oxygen atoms in total. The molecule has 1 aliphatic rings. The van der Waals surface area contributed by atoms with Gasteiger partial charge >= 0.3 is 0 Å². The number of aliphatic hydroxyl groups is 1. The molecule has 0 bridgehead atoms. The molecule has 18 heavy (non-hydrogen) atoms. The molecule has 0 saturated carbocycles. The van der Waals surface area contributed by atoms with Gasteiger partial charge in [0, 0.05) is 31.2 Å². The Bertz CT molecular complexity index is 369. The zero-order valence-corrected chi connectivity index (χ0v) is 11.3. The van der Waals surface area contributed by atoms with E-state index in [1.807, 2.05) is 20.0 Å². The molecule has 1 N–H and O–H groups in total. The molecule has 2 rings (SSSR count). The van der Waals surface area contributed by atoms with Crippen molar-refractivity contribution in [3.05, 3.63) is 23.5 Å². The molecule has 1 unspecified atom stereocenters. The second-order valence-electron chi connectivity index (χ2n) is 4.68. The van der Waals surface area contributed by atoms with Gasteiger partial charge in [0.15, 0.2) is 6.29 Å². The van der Waals surface area contributed by atoms with Crippen molar-refractivity contribution >= 4 is 0 Å². The van der Waals surface area contributed by atoms with Crippen LogP contribution in [0.2, 0.25) is 0 Å². The average Bonchev–Trinajstić information content (AvgIpc) is 2.74. The van der Waals surface area contributed by atoms with Crippen LogP contribution >= 0.6 is 0 Å². The van der Waals surface area contributed by atoms with Gasteiger partial charge in [-0.05, 0) is 38.7 Å².